The first-order chi connectivity index (χ1) is 21.6. The summed E-state index contributed by atoms with van der Waals surface area (Å²) in [5, 5.41) is 11.9. The van der Waals surface area contributed by atoms with Crippen LogP contribution < -0.4 is 14.8 Å². The van der Waals surface area contributed by atoms with Gasteiger partial charge in [0.1, 0.15) is 23.4 Å². The smallest absolute Gasteiger partial charge is 0.261 e. The van der Waals surface area contributed by atoms with Crippen molar-refractivity contribution in [2.24, 2.45) is 0 Å². The highest BCUT2D eigenvalue weighted by atomic mass is 32.2. The molecular weight excluding hydrogens is 604 g/mol. The van der Waals surface area contributed by atoms with Gasteiger partial charge in [-0.05, 0) is 78.2 Å². The third kappa shape index (κ3) is 9.85. The number of benzene rings is 4. The number of halogens is 2. The Morgan fingerprint density at radius 3 is 2.07 bits per heavy atom. The van der Waals surface area contributed by atoms with E-state index in [4.69, 9.17) is 4.74 Å². The third-order valence-corrected chi connectivity index (χ3v) is 8.16. The standard InChI is InChI=1S/C33H33F2N3O6S/c34-26-9-7-25(8-10-26)22-38(31(33(41)36-19-4-20-39)21-24-5-2-1-3-6-24)32(40)23-44-29-15-17-30(18-16-29)45(42,43)37-28-13-11-27(35)12-14-28/h1-3,5-18,31,37,39H,4,19-23H2,(H,36,41). The molecular formula is C33H33F2N3O6S. The van der Waals surface area contributed by atoms with Crippen LogP contribution in [0.5, 0.6) is 5.75 Å². The fraction of sp³-hybridized carbons (Fsp3) is 0.212. The summed E-state index contributed by atoms with van der Waals surface area (Å²) < 4.78 is 60.4. The Morgan fingerprint density at radius 2 is 1.44 bits per heavy atom. The predicted molar refractivity (Wildman–Crippen MR) is 165 cm³/mol. The van der Waals surface area contributed by atoms with Gasteiger partial charge in [-0.2, -0.15) is 0 Å². The van der Waals surface area contributed by atoms with E-state index < -0.39 is 46.1 Å². The SMILES string of the molecule is O=C(NCCCO)C(Cc1ccccc1)N(Cc1ccc(F)cc1)C(=O)COc1ccc(S(=O)(=O)Nc2ccc(F)cc2)cc1. The minimum absolute atomic E-state index is 0.0143. The highest BCUT2D eigenvalue weighted by Crippen LogP contribution is 2.21. The number of aliphatic hydroxyl groups is 1. The second-order valence-electron chi connectivity index (χ2n) is 10.1. The van der Waals surface area contributed by atoms with Gasteiger partial charge in [0, 0.05) is 31.8 Å². The summed E-state index contributed by atoms with van der Waals surface area (Å²) in [5.41, 5.74) is 1.59. The second-order valence-corrected chi connectivity index (χ2v) is 11.8. The maximum Gasteiger partial charge on any atom is 0.261 e. The number of carbonyl (C=O) groups excluding carboxylic acids is 2. The number of hydrogen-bond acceptors (Lipinski definition) is 6. The van der Waals surface area contributed by atoms with Crippen LogP contribution in [0, 0.1) is 11.6 Å². The van der Waals surface area contributed by atoms with Gasteiger partial charge < -0.3 is 20.1 Å². The van der Waals surface area contributed by atoms with Gasteiger partial charge in [-0.15, -0.1) is 0 Å². The molecule has 236 valence electrons. The number of nitrogens with one attached hydrogen (secondary N) is 2. The van der Waals surface area contributed by atoms with Gasteiger partial charge in [-0.1, -0.05) is 42.5 Å². The number of nitrogens with zero attached hydrogens (tertiary/aromatic N) is 1. The molecule has 0 heterocycles. The van der Waals surface area contributed by atoms with Crippen molar-refractivity contribution in [3.8, 4) is 5.75 Å². The monoisotopic (exact) mass is 637 g/mol. The van der Waals surface area contributed by atoms with E-state index in [1.165, 1.54) is 65.6 Å². The lowest BCUT2D eigenvalue weighted by molar-refractivity contribution is -0.142. The van der Waals surface area contributed by atoms with Crippen molar-refractivity contribution in [2.45, 2.75) is 30.3 Å². The molecule has 3 N–H and O–H groups in total. The van der Waals surface area contributed by atoms with E-state index in [1.54, 1.807) is 0 Å². The molecule has 2 amide bonds. The van der Waals surface area contributed by atoms with E-state index in [2.05, 4.69) is 10.0 Å². The van der Waals surface area contributed by atoms with Crippen molar-refractivity contribution in [2.75, 3.05) is 24.5 Å². The van der Waals surface area contributed by atoms with Crippen LogP contribution in [0.1, 0.15) is 17.5 Å². The molecule has 4 rings (SSSR count). The van der Waals surface area contributed by atoms with E-state index in [9.17, 15) is 31.9 Å². The lowest BCUT2D eigenvalue weighted by atomic mass is 10.0. The Kier molecular flexibility index (Phi) is 11.6. The van der Waals surface area contributed by atoms with Crippen molar-refractivity contribution in [3.63, 3.8) is 0 Å². The van der Waals surface area contributed by atoms with E-state index in [-0.39, 0.29) is 42.4 Å². The van der Waals surface area contributed by atoms with Crippen LogP contribution in [0.4, 0.5) is 14.5 Å². The van der Waals surface area contributed by atoms with Crippen LogP contribution in [0.15, 0.2) is 108 Å². The van der Waals surface area contributed by atoms with E-state index in [0.717, 1.165) is 17.7 Å². The first kappa shape index (κ1) is 33.1. The molecule has 0 spiro atoms. The Balaban J connectivity index is 1.52. The van der Waals surface area contributed by atoms with Gasteiger partial charge in [-0.3, -0.25) is 14.3 Å². The maximum atomic E-state index is 13.7. The number of ether oxygens (including phenoxy) is 1. The van der Waals surface area contributed by atoms with E-state index in [1.807, 2.05) is 30.3 Å². The number of amides is 2. The van der Waals surface area contributed by atoms with Gasteiger partial charge >= 0.3 is 0 Å². The molecule has 0 aliphatic heterocycles. The molecule has 0 saturated carbocycles. The molecule has 4 aromatic rings. The van der Waals surface area contributed by atoms with Gasteiger partial charge in [0.25, 0.3) is 15.9 Å². The highest BCUT2D eigenvalue weighted by Gasteiger charge is 2.30. The van der Waals surface area contributed by atoms with Crippen LogP contribution in [0.3, 0.4) is 0 Å². The van der Waals surface area contributed by atoms with Crippen molar-refractivity contribution in [1.29, 1.82) is 0 Å². The molecule has 0 aliphatic carbocycles. The molecule has 0 bridgehead atoms. The summed E-state index contributed by atoms with van der Waals surface area (Å²) in [6.45, 7) is -0.394. The Bertz CT molecular complexity index is 1650. The molecule has 0 radical (unpaired) electrons. The van der Waals surface area contributed by atoms with Gasteiger partial charge in [0.05, 0.1) is 4.90 Å². The number of carbonyl (C=O) groups is 2. The average molecular weight is 638 g/mol. The first-order valence-electron chi connectivity index (χ1n) is 14.1. The summed E-state index contributed by atoms with van der Waals surface area (Å²) in [6, 6.07) is 24.0. The van der Waals surface area contributed by atoms with Gasteiger partial charge in [-0.25, -0.2) is 17.2 Å². The molecule has 1 unspecified atom stereocenters. The van der Waals surface area contributed by atoms with Gasteiger partial charge in [0.15, 0.2) is 6.61 Å². The number of sulfonamides is 1. The van der Waals surface area contributed by atoms with Crippen LogP contribution in [0.2, 0.25) is 0 Å². The third-order valence-electron chi connectivity index (χ3n) is 6.76. The summed E-state index contributed by atoms with van der Waals surface area (Å²) in [7, 11) is -3.98. The Labute approximate surface area is 260 Å². The van der Waals surface area contributed by atoms with Crippen molar-refractivity contribution in [3.05, 3.63) is 126 Å². The number of rotatable bonds is 15. The number of aliphatic hydroxyl groups excluding tert-OH is 1. The summed E-state index contributed by atoms with van der Waals surface area (Å²) in [4.78, 5) is 28.4. The summed E-state index contributed by atoms with van der Waals surface area (Å²) >= 11 is 0. The second kappa shape index (κ2) is 15.8. The molecule has 0 saturated heterocycles. The van der Waals surface area contributed by atoms with Crippen LogP contribution >= 0.6 is 0 Å². The zero-order chi connectivity index (χ0) is 32.2. The molecule has 0 fully saturated rings. The van der Waals surface area contributed by atoms with Crippen LogP contribution in [0.25, 0.3) is 0 Å². The fourth-order valence-corrected chi connectivity index (χ4v) is 5.48. The first-order valence-corrected chi connectivity index (χ1v) is 15.6. The molecule has 12 heteroatoms. The zero-order valence-corrected chi connectivity index (χ0v) is 25.1. The molecule has 0 aliphatic rings. The van der Waals surface area contributed by atoms with Gasteiger partial charge in [0.2, 0.25) is 5.91 Å². The Morgan fingerprint density at radius 1 is 0.822 bits per heavy atom. The van der Waals surface area contributed by atoms with E-state index >= 15 is 0 Å². The van der Waals surface area contributed by atoms with Crippen LogP contribution in [-0.2, 0) is 32.6 Å². The van der Waals surface area contributed by atoms with Crippen molar-refractivity contribution < 1.29 is 36.6 Å². The van der Waals surface area contributed by atoms with Crippen LogP contribution in [-0.4, -0.2) is 56.0 Å². The molecule has 45 heavy (non-hydrogen) atoms. The minimum atomic E-state index is -3.98. The molecule has 1 atom stereocenters. The fourth-order valence-electron chi connectivity index (χ4n) is 4.42. The zero-order valence-electron chi connectivity index (χ0n) is 24.2. The largest absolute Gasteiger partial charge is 0.484 e. The summed E-state index contributed by atoms with van der Waals surface area (Å²) in [6.07, 6.45) is 0.524. The summed E-state index contributed by atoms with van der Waals surface area (Å²) in [5.74, 6) is -1.70. The molecule has 9 nitrogen and oxygen atoms in total. The number of anilines is 1. The normalized spacial score (nSPS) is 11.8. The lowest BCUT2D eigenvalue weighted by Gasteiger charge is -2.31. The topological polar surface area (TPSA) is 125 Å². The Hall–Kier alpha value is -4.81. The molecule has 4 aromatic carbocycles. The highest BCUT2D eigenvalue weighted by molar-refractivity contribution is 7.92. The minimum Gasteiger partial charge on any atom is -0.484 e. The number of hydrogen-bond donors (Lipinski definition) is 3. The maximum absolute atomic E-state index is 13.7. The lowest BCUT2D eigenvalue weighted by Crippen LogP contribution is -2.51. The average Bonchev–Trinajstić information content (AvgIpc) is 3.04. The van der Waals surface area contributed by atoms with Crippen molar-refractivity contribution >= 4 is 27.5 Å². The van der Waals surface area contributed by atoms with E-state index in [0.29, 0.717) is 12.0 Å². The predicted octanol–water partition coefficient (Wildman–Crippen LogP) is 4.28. The van der Waals surface area contributed by atoms with Crippen molar-refractivity contribution in [1.82, 2.24) is 10.2 Å². The molecule has 0 aromatic heterocycles. The quantitative estimate of drug-likeness (QED) is 0.167.